The zero-order valence-electron chi connectivity index (χ0n) is 9.14. The van der Waals surface area contributed by atoms with E-state index in [-0.39, 0.29) is 11.3 Å². The lowest BCUT2D eigenvalue weighted by Gasteiger charge is -2.12. The number of carbonyl (C=O) groups is 1. The molecule has 0 amide bonds. The van der Waals surface area contributed by atoms with Crippen LogP contribution in [0.3, 0.4) is 0 Å². The lowest BCUT2D eigenvalue weighted by molar-refractivity contribution is -0.137. The van der Waals surface area contributed by atoms with Gasteiger partial charge in [-0.3, -0.25) is 0 Å². The van der Waals surface area contributed by atoms with Crippen LogP contribution < -0.4 is 0 Å². The largest absolute Gasteiger partial charge is 0.474 e. The van der Waals surface area contributed by atoms with Crippen molar-refractivity contribution in [2.45, 2.75) is 6.18 Å². The minimum absolute atomic E-state index is 0.0722. The molecule has 0 saturated heterocycles. The number of hydrogen-bond acceptors (Lipinski definition) is 4. The molecule has 0 unspecified atom stereocenters. The van der Waals surface area contributed by atoms with E-state index in [9.17, 15) is 18.0 Å². The maximum atomic E-state index is 12.5. The topological polar surface area (TPSA) is 68.1 Å². The fourth-order valence-electron chi connectivity index (χ4n) is 1.30. The highest BCUT2D eigenvalue weighted by atomic mass is 19.4. The van der Waals surface area contributed by atoms with E-state index in [0.717, 1.165) is 18.4 Å². The van der Waals surface area contributed by atoms with Gasteiger partial charge in [-0.1, -0.05) is 12.1 Å². The Labute approximate surface area is 104 Å². The van der Waals surface area contributed by atoms with Crippen LogP contribution in [0, 0.1) is 0 Å². The van der Waals surface area contributed by atoms with Crippen molar-refractivity contribution >= 4 is 17.6 Å². The molecule has 1 aromatic rings. The SMILES string of the molecule is O=C(O)C1=NOC(c2cccc(C(F)(F)F)c2)=CO1. The number of carboxylic acid groups (broad SMARTS) is 1. The third-order valence-electron chi connectivity index (χ3n) is 2.16. The van der Waals surface area contributed by atoms with Crippen molar-refractivity contribution in [3.63, 3.8) is 0 Å². The number of alkyl halides is 3. The first kappa shape index (κ1) is 12.9. The summed E-state index contributed by atoms with van der Waals surface area (Å²) in [5.41, 5.74) is -0.787. The maximum absolute atomic E-state index is 12.5. The molecule has 5 nitrogen and oxygen atoms in total. The Morgan fingerprint density at radius 1 is 1.32 bits per heavy atom. The quantitative estimate of drug-likeness (QED) is 0.898. The number of hydrogen-bond donors (Lipinski definition) is 1. The Morgan fingerprint density at radius 2 is 2.05 bits per heavy atom. The highest BCUT2D eigenvalue weighted by molar-refractivity contribution is 6.31. The molecule has 0 saturated carbocycles. The molecule has 1 aliphatic heterocycles. The molecule has 0 fully saturated rings. The molecule has 1 aromatic carbocycles. The van der Waals surface area contributed by atoms with Gasteiger partial charge in [0.1, 0.15) is 6.26 Å². The van der Waals surface area contributed by atoms with E-state index in [1.165, 1.54) is 12.1 Å². The summed E-state index contributed by atoms with van der Waals surface area (Å²) in [6, 6.07) is 4.29. The van der Waals surface area contributed by atoms with Crippen LogP contribution in [0.2, 0.25) is 0 Å². The van der Waals surface area contributed by atoms with E-state index < -0.39 is 23.6 Å². The first-order valence-electron chi connectivity index (χ1n) is 4.90. The second kappa shape index (κ2) is 4.63. The predicted octanol–water partition coefficient (Wildman–Crippen LogP) is 2.45. The summed E-state index contributed by atoms with van der Waals surface area (Å²) < 4.78 is 42.1. The van der Waals surface area contributed by atoms with Gasteiger partial charge in [0, 0.05) is 5.56 Å². The van der Waals surface area contributed by atoms with Gasteiger partial charge >= 0.3 is 18.0 Å². The third kappa shape index (κ3) is 2.84. The van der Waals surface area contributed by atoms with Gasteiger partial charge in [-0.15, -0.1) is 0 Å². The molecule has 0 aliphatic carbocycles. The minimum Gasteiger partial charge on any atom is -0.474 e. The van der Waals surface area contributed by atoms with Crippen LogP contribution in [0.5, 0.6) is 0 Å². The normalized spacial score (nSPS) is 14.9. The monoisotopic (exact) mass is 273 g/mol. The highest BCUT2D eigenvalue weighted by Crippen LogP contribution is 2.31. The summed E-state index contributed by atoms with van der Waals surface area (Å²) in [5.74, 6) is -2.26. The summed E-state index contributed by atoms with van der Waals surface area (Å²) in [5, 5.41) is 11.7. The number of ether oxygens (including phenoxy) is 1. The van der Waals surface area contributed by atoms with Gasteiger partial charge in [0.15, 0.2) is 5.76 Å². The molecule has 0 spiro atoms. The Bertz CT molecular complexity index is 578. The van der Waals surface area contributed by atoms with Gasteiger partial charge in [-0.25, -0.2) is 4.79 Å². The average molecular weight is 273 g/mol. The van der Waals surface area contributed by atoms with Crippen LogP contribution in [0.25, 0.3) is 5.76 Å². The molecule has 0 bridgehead atoms. The molecule has 8 heteroatoms. The lowest BCUT2D eigenvalue weighted by Crippen LogP contribution is -2.17. The van der Waals surface area contributed by atoms with Crippen molar-refractivity contribution in [3.05, 3.63) is 41.7 Å². The van der Waals surface area contributed by atoms with Gasteiger partial charge in [0.2, 0.25) is 0 Å². The summed E-state index contributed by atoms with van der Waals surface area (Å²) in [4.78, 5) is 15.2. The number of aliphatic carboxylic acids is 1. The number of carboxylic acids is 1. The maximum Gasteiger partial charge on any atom is 0.416 e. The Kier molecular flexibility index (Phi) is 3.16. The summed E-state index contributed by atoms with van der Waals surface area (Å²) in [6.07, 6.45) is -3.60. The predicted molar refractivity (Wildman–Crippen MR) is 56.7 cm³/mol. The average Bonchev–Trinajstić information content (AvgIpc) is 2.38. The molecule has 0 atom stereocenters. The molecule has 1 N–H and O–H groups in total. The molecule has 1 aliphatic rings. The summed E-state index contributed by atoms with van der Waals surface area (Å²) in [6.45, 7) is 0. The van der Waals surface area contributed by atoms with Crippen LogP contribution >= 0.6 is 0 Å². The van der Waals surface area contributed by atoms with E-state index in [1.807, 2.05) is 0 Å². The van der Waals surface area contributed by atoms with Crippen molar-refractivity contribution in [2.75, 3.05) is 0 Å². The number of nitrogens with zero attached hydrogens (tertiary/aromatic N) is 1. The van der Waals surface area contributed by atoms with E-state index in [1.54, 1.807) is 0 Å². The van der Waals surface area contributed by atoms with Crippen LogP contribution in [-0.4, -0.2) is 17.0 Å². The Hall–Kier alpha value is -2.51. The number of halogens is 3. The molecule has 0 aromatic heterocycles. The standard InChI is InChI=1S/C11H6F3NO4/c12-11(13,14)7-3-1-2-6(4-7)8-5-18-9(10(16)17)15-19-8/h1-5H,(H,16,17). The van der Waals surface area contributed by atoms with Crippen molar-refractivity contribution in [1.82, 2.24) is 0 Å². The number of benzene rings is 1. The summed E-state index contributed by atoms with van der Waals surface area (Å²) in [7, 11) is 0. The van der Waals surface area contributed by atoms with Crippen LogP contribution in [0.4, 0.5) is 13.2 Å². The van der Waals surface area contributed by atoms with Gasteiger partial charge < -0.3 is 14.7 Å². The molecule has 100 valence electrons. The molecule has 1 heterocycles. The van der Waals surface area contributed by atoms with Crippen LogP contribution in [0.1, 0.15) is 11.1 Å². The second-order valence-corrected chi connectivity index (χ2v) is 3.47. The fraction of sp³-hybridized carbons (Fsp3) is 0.0909. The Balaban J connectivity index is 2.23. The third-order valence-corrected chi connectivity index (χ3v) is 2.16. The lowest BCUT2D eigenvalue weighted by atomic mass is 10.1. The first-order chi connectivity index (χ1) is 8.88. The smallest absolute Gasteiger partial charge is 0.416 e. The molecule has 0 radical (unpaired) electrons. The van der Waals surface area contributed by atoms with Crippen molar-refractivity contribution in [2.24, 2.45) is 5.16 Å². The van der Waals surface area contributed by atoms with Crippen LogP contribution in [-0.2, 0) is 20.5 Å². The molecular formula is C11H6F3NO4. The van der Waals surface area contributed by atoms with Gasteiger partial charge in [-0.2, -0.15) is 13.2 Å². The van der Waals surface area contributed by atoms with E-state index in [2.05, 4.69) is 14.7 Å². The van der Waals surface area contributed by atoms with Gasteiger partial charge in [0.25, 0.3) is 0 Å². The number of rotatable bonds is 2. The molecular weight excluding hydrogens is 267 g/mol. The van der Waals surface area contributed by atoms with E-state index in [4.69, 9.17) is 5.11 Å². The van der Waals surface area contributed by atoms with E-state index in [0.29, 0.717) is 0 Å². The zero-order chi connectivity index (χ0) is 14.0. The molecule has 19 heavy (non-hydrogen) atoms. The van der Waals surface area contributed by atoms with Crippen molar-refractivity contribution < 1.29 is 32.6 Å². The zero-order valence-corrected chi connectivity index (χ0v) is 9.14. The minimum atomic E-state index is -4.48. The van der Waals surface area contributed by atoms with E-state index >= 15 is 0 Å². The van der Waals surface area contributed by atoms with Crippen molar-refractivity contribution in [1.29, 1.82) is 0 Å². The van der Waals surface area contributed by atoms with Gasteiger partial charge in [0.05, 0.1) is 5.56 Å². The highest BCUT2D eigenvalue weighted by Gasteiger charge is 2.31. The second-order valence-electron chi connectivity index (χ2n) is 3.47. The fourth-order valence-corrected chi connectivity index (χ4v) is 1.30. The van der Waals surface area contributed by atoms with Gasteiger partial charge in [-0.05, 0) is 17.3 Å². The van der Waals surface area contributed by atoms with Crippen molar-refractivity contribution in [3.8, 4) is 0 Å². The molecule has 2 rings (SSSR count). The Morgan fingerprint density at radius 3 is 2.58 bits per heavy atom. The number of oxime groups is 1. The summed E-state index contributed by atoms with van der Waals surface area (Å²) >= 11 is 0. The van der Waals surface area contributed by atoms with Crippen LogP contribution in [0.15, 0.2) is 35.7 Å². The first-order valence-corrected chi connectivity index (χ1v) is 4.90.